The molecule has 1 aromatic heterocycles. The standard InChI is InChI=1S/C26H29N3O3/c1-2-32-25(31)26(18-21-10-5-3-6-11-21)14-9-16-29(20-26)23(30)19-28-17-15-27-24(28)22-12-7-4-8-13-22/h3-8,10-13,15,17H,2,9,14,16,18-20H2,1H3. The van der Waals surface area contributed by atoms with E-state index in [1.165, 1.54) is 0 Å². The molecule has 6 heteroatoms. The zero-order valence-corrected chi connectivity index (χ0v) is 18.4. The van der Waals surface area contributed by atoms with Crippen LogP contribution in [0.5, 0.6) is 0 Å². The number of benzene rings is 2. The van der Waals surface area contributed by atoms with Crippen LogP contribution in [0.3, 0.4) is 0 Å². The fraction of sp³-hybridized carbons (Fsp3) is 0.346. The van der Waals surface area contributed by atoms with Crippen LogP contribution >= 0.6 is 0 Å². The van der Waals surface area contributed by atoms with Crippen LogP contribution in [0.25, 0.3) is 11.4 Å². The first-order valence-corrected chi connectivity index (χ1v) is 11.2. The summed E-state index contributed by atoms with van der Waals surface area (Å²) < 4.78 is 7.35. The fourth-order valence-electron chi connectivity index (χ4n) is 4.53. The highest BCUT2D eigenvalue weighted by Gasteiger charge is 2.44. The van der Waals surface area contributed by atoms with Crippen molar-refractivity contribution in [2.45, 2.75) is 32.7 Å². The molecule has 2 heterocycles. The van der Waals surface area contributed by atoms with E-state index < -0.39 is 5.41 Å². The van der Waals surface area contributed by atoms with Crippen LogP contribution < -0.4 is 0 Å². The van der Waals surface area contributed by atoms with Gasteiger partial charge in [-0.2, -0.15) is 0 Å². The van der Waals surface area contributed by atoms with Gasteiger partial charge in [0.15, 0.2) is 0 Å². The summed E-state index contributed by atoms with van der Waals surface area (Å²) in [6, 6.07) is 19.8. The van der Waals surface area contributed by atoms with Gasteiger partial charge in [-0.1, -0.05) is 60.7 Å². The summed E-state index contributed by atoms with van der Waals surface area (Å²) in [6.45, 7) is 3.36. The van der Waals surface area contributed by atoms with Crippen LogP contribution in [0.15, 0.2) is 73.1 Å². The Balaban J connectivity index is 1.53. The minimum Gasteiger partial charge on any atom is -0.466 e. The summed E-state index contributed by atoms with van der Waals surface area (Å²) in [5.74, 6) is 0.535. The molecule has 1 aliphatic rings. The number of hydrogen-bond acceptors (Lipinski definition) is 4. The molecular formula is C26H29N3O3. The number of ether oxygens (including phenoxy) is 1. The predicted octanol–water partition coefficient (Wildman–Crippen LogP) is 3.96. The number of nitrogens with zero attached hydrogens (tertiary/aromatic N) is 3. The molecule has 1 aliphatic heterocycles. The van der Waals surface area contributed by atoms with Gasteiger partial charge >= 0.3 is 5.97 Å². The second-order valence-electron chi connectivity index (χ2n) is 8.33. The van der Waals surface area contributed by atoms with Gasteiger partial charge in [0.05, 0.1) is 12.0 Å². The number of amides is 1. The Morgan fingerprint density at radius 2 is 1.78 bits per heavy atom. The molecule has 32 heavy (non-hydrogen) atoms. The first kappa shape index (κ1) is 21.8. The molecule has 1 amide bonds. The van der Waals surface area contributed by atoms with Crippen molar-refractivity contribution in [1.82, 2.24) is 14.5 Å². The molecule has 0 N–H and O–H groups in total. The molecule has 0 spiro atoms. The van der Waals surface area contributed by atoms with E-state index in [2.05, 4.69) is 4.98 Å². The number of likely N-dealkylation sites (tertiary alicyclic amines) is 1. The average molecular weight is 432 g/mol. The lowest BCUT2D eigenvalue weighted by Crippen LogP contribution is -2.52. The average Bonchev–Trinajstić information content (AvgIpc) is 3.28. The number of carbonyl (C=O) groups excluding carboxylic acids is 2. The van der Waals surface area contributed by atoms with Crippen LogP contribution in [-0.4, -0.2) is 46.0 Å². The molecular weight excluding hydrogens is 402 g/mol. The van der Waals surface area contributed by atoms with E-state index in [4.69, 9.17) is 4.74 Å². The van der Waals surface area contributed by atoms with E-state index in [-0.39, 0.29) is 18.4 Å². The number of rotatable bonds is 7. The van der Waals surface area contributed by atoms with Gasteiger partial charge in [-0.3, -0.25) is 9.59 Å². The molecule has 6 nitrogen and oxygen atoms in total. The molecule has 3 aromatic rings. The number of hydrogen-bond donors (Lipinski definition) is 0. The van der Waals surface area contributed by atoms with E-state index in [9.17, 15) is 9.59 Å². The molecule has 166 valence electrons. The number of imidazole rings is 1. The monoisotopic (exact) mass is 431 g/mol. The van der Waals surface area contributed by atoms with E-state index in [1.54, 1.807) is 6.20 Å². The third-order valence-corrected chi connectivity index (χ3v) is 6.08. The summed E-state index contributed by atoms with van der Waals surface area (Å²) in [5, 5.41) is 0. The SMILES string of the molecule is CCOC(=O)C1(Cc2ccccc2)CCCN(C(=O)Cn2ccnc2-c2ccccc2)C1. The fourth-order valence-corrected chi connectivity index (χ4v) is 4.53. The summed E-state index contributed by atoms with van der Waals surface area (Å²) in [6.07, 6.45) is 5.59. The largest absolute Gasteiger partial charge is 0.466 e. The van der Waals surface area contributed by atoms with Crippen LogP contribution in [0.2, 0.25) is 0 Å². The molecule has 0 aliphatic carbocycles. The van der Waals surface area contributed by atoms with Crippen molar-refractivity contribution >= 4 is 11.9 Å². The predicted molar refractivity (Wildman–Crippen MR) is 123 cm³/mol. The van der Waals surface area contributed by atoms with Crippen molar-refractivity contribution < 1.29 is 14.3 Å². The van der Waals surface area contributed by atoms with E-state index in [0.717, 1.165) is 23.4 Å². The molecule has 2 aromatic carbocycles. The maximum absolute atomic E-state index is 13.3. The third-order valence-electron chi connectivity index (χ3n) is 6.08. The van der Waals surface area contributed by atoms with Crippen LogP contribution in [-0.2, 0) is 27.3 Å². The second-order valence-corrected chi connectivity index (χ2v) is 8.33. The van der Waals surface area contributed by atoms with Crippen molar-refractivity contribution in [3.05, 3.63) is 78.6 Å². The van der Waals surface area contributed by atoms with Crippen molar-refractivity contribution in [2.24, 2.45) is 5.41 Å². The van der Waals surface area contributed by atoms with E-state index in [1.807, 2.05) is 83.3 Å². The lowest BCUT2D eigenvalue weighted by atomic mass is 9.75. The Morgan fingerprint density at radius 1 is 1.06 bits per heavy atom. The number of esters is 1. The van der Waals surface area contributed by atoms with Crippen LogP contribution in [0.1, 0.15) is 25.3 Å². The van der Waals surface area contributed by atoms with Gasteiger partial charge in [0.1, 0.15) is 12.4 Å². The molecule has 4 rings (SSSR count). The summed E-state index contributed by atoms with van der Waals surface area (Å²) >= 11 is 0. The Hall–Kier alpha value is -3.41. The number of aromatic nitrogens is 2. The highest BCUT2D eigenvalue weighted by molar-refractivity contribution is 5.81. The minimum atomic E-state index is -0.720. The van der Waals surface area contributed by atoms with E-state index in [0.29, 0.717) is 32.5 Å². The highest BCUT2D eigenvalue weighted by Crippen LogP contribution is 2.35. The van der Waals surface area contributed by atoms with Crippen molar-refractivity contribution in [3.63, 3.8) is 0 Å². The molecule has 0 saturated carbocycles. The zero-order valence-electron chi connectivity index (χ0n) is 18.4. The van der Waals surface area contributed by atoms with Crippen molar-refractivity contribution in [3.8, 4) is 11.4 Å². The Labute approximate surface area is 188 Å². The molecule has 1 atom stereocenters. The normalized spacial score (nSPS) is 18.3. The van der Waals surface area contributed by atoms with Crippen LogP contribution in [0.4, 0.5) is 0 Å². The molecule has 0 bridgehead atoms. The molecule has 0 radical (unpaired) electrons. The smallest absolute Gasteiger partial charge is 0.314 e. The van der Waals surface area contributed by atoms with Gasteiger partial charge in [-0.15, -0.1) is 0 Å². The van der Waals surface area contributed by atoms with E-state index >= 15 is 0 Å². The lowest BCUT2D eigenvalue weighted by Gasteiger charge is -2.41. The summed E-state index contributed by atoms with van der Waals surface area (Å²) in [7, 11) is 0. The van der Waals surface area contributed by atoms with Gasteiger partial charge in [0.2, 0.25) is 5.91 Å². The Bertz CT molecular complexity index is 1050. The quantitative estimate of drug-likeness (QED) is 0.531. The van der Waals surface area contributed by atoms with Gasteiger partial charge in [0.25, 0.3) is 0 Å². The summed E-state index contributed by atoms with van der Waals surface area (Å²) in [4.78, 5) is 32.6. The highest BCUT2D eigenvalue weighted by atomic mass is 16.5. The van der Waals surface area contributed by atoms with Gasteiger partial charge in [-0.05, 0) is 31.7 Å². The Kier molecular flexibility index (Phi) is 6.69. The topological polar surface area (TPSA) is 64.4 Å². The van der Waals surface area contributed by atoms with Gasteiger partial charge in [0, 0.05) is 31.0 Å². The molecule has 1 unspecified atom stereocenters. The number of carbonyl (C=O) groups is 2. The van der Waals surface area contributed by atoms with Gasteiger partial charge < -0.3 is 14.2 Å². The molecule has 1 fully saturated rings. The third kappa shape index (κ3) is 4.74. The minimum absolute atomic E-state index is 0.0124. The zero-order chi connectivity index (χ0) is 22.4. The summed E-state index contributed by atoms with van der Waals surface area (Å²) in [5.41, 5.74) is 1.33. The lowest BCUT2D eigenvalue weighted by molar-refractivity contribution is -0.160. The van der Waals surface area contributed by atoms with Gasteiger partial charge in [-0.25, -0.2) is 4.98 Å². The van der Waals surface area contributed by atoms with Crippen LogP contribution in [0, 0.1) is 5.41 Å². The Morgan fingerprint density at radius 3 is 2.50 bits per heavy atom. The second kappa shape index (κ2) is 9.81. The number of piperidine rings is 1. The van der Waals surface area contributed by atoms with Crippen molar-refractivity contribution in [1.29, 1.82) is 0 Å². The molecule has 1 saturated heterocycles. The maximum Gasteiger partial charge on any atom is 0.314 e. The first-order chi connectivity index (χ1) is 15.6. The first-order valence-electron chi connectivity index (χ1n) is 11.2. The van der Waals surface area contributed by atoms with Crippen molar-refractivity contribution in [2.75, 3.05) is 19.7 Å². The maximum atomic E-state index is 13.3.